The van der Waals surface area contributed by atoms with E-state index < -0.39 is 5.82 Å². The van der Waals surface area contributed by atoms with Crippen molar-refractivity contribution in [3.05, 3.63) is 80.4 Å². The Balaban J connectivity index is 1.76. The molecule has 24 heavy (non-hydrogen) atoms. The van der Waals surface area contributed by atoms with Crippen molar-refractivity contribution in [1.29, 1.82) is 0 Å². The molecule has 0 bridgehead atoms. The van der Waals surface area contributed by atoms with Crippen LogP contribution in [0.2, 0.25) is 5.02 Å². The van der Waals surface area contributed by atoms with Gasteiger partial charge in [0.25, 0.3) is 0 Å². The summed E-state index contributed by atoms with van der Waals surface area (Å²) in [5, 5.41) is 8.04. The number of hydrogen-bond acceptors (Lipinski definition) is 3. The first kappa shape index (κ1) is 16.8. The summed E-state index contributed by atoms with van der Waals surface area (Å²) in [7, 11) is 0. The standard InChI is InChI=1S/C17H10BrClF2N2O/c18-13-3-1-2-11(17(13)21)8-16-23-22-15(24-16)7-5-10-4-6-12(20)9-14(10)19/h1-7,9H,8H2/b7-5+. The van der Waals surface area contributed by atoms with Gasteiger partial charge in [0.1, 0.15) is 11.6 Å². The predicted octanol–water partition coefficient (Wildman–Crippen LogP) is 5.52. The van der Waals surface area contributed by atoms with Gasteiger partial charge in [0.2, 0.25) is 11.8 Å². The van der Waals surface area contributed by atoms with Gasteiger partial charge in [0.05, 0.1) is 15.9 Å². The molecule has 0 aliphatic carbocycles. The van der Waals surface area contributed by atoms with E-state index in [0.717, 1.165) is 0 Å². The smallest absolute Gasteiger partial charge is 0.240 e. The molecule has 3 rings (SSSR count). The summed E-state index contributed by atoms with van der Waals surface area (Å²) in [4.78, 5) is 0. The number of nitrogens with zero attached hydrogens (tertiary/aromatic N) is 2. The van der Waals surface area contributed by atoms with E-state index in [0.29, 0.717) is 15.6 Å². The average Bonchev–Trinajstić information content (AvgIpc) is 2.99. The van der Waals surface area contributed by atoms with Gasteiger partial charge in [-0.15, -0.1) is 10.2 Å². The third-order valence-corrected chi connectivity index (χ3v) is 4.16. The number of hydrogen-bond donors (Lipinski definition) is 0. The second kappa shape index (κ2) is 7.23. The Bertz CT molecular complexity index is 911. The maximum Gasteiger partial charge on any atom is 0.240 e. The zero-order valence-corrected chi connectivity index (χ0v) is 14.5. The fraction of sp³-hybridized carbons (Fsp3) is 0.0588. The zero-order chi connectivity index (χ0) is 17.1. The summed E-state index contributed by atoms with van der Waals surface area (Å²) in [6.45, 7) is 0. The summed E-state index contributed by atoms with van der Waals surface area (Å²) >= 11 is 9.07. The summed E-state index contributed by atoms with van der Waals surface area (Å²) in [6.07, 6.45) is 3.38. The van der Waals surface area contributed by atoms with Gasteiger partial charge in [0, 0.05) is 6.08 Å². The van der Waals surface area contributed by atoms with E-state index in [4.69, 9.17) is 16.0 Å². The van der Waals surface area contributed by atoms with Gasteiger partial charge in [-0.2, -0.15) is 0 Å². The van der Waals surface area contributed by atoms with Crippen LogP contribution >= 0.6 is 27.5 Å². The quantitative estimate of drug-likeness (QED) is 0.567. The highest BCUT2D eigenvalue weighted by atomic mass is 79.9. The maximum atomic E-state index is 13.9. The van der Waals surface area contributed by atoms with Crippen LogP contribution in [0.3, 0.4) is 0 Å². The van der Waals surface area contributed by atoms with Gasteiger partial charge < -0.3 is 4.42 Å². The molecule has 122 valence electrons. The predicted molar refractivity (Wildman–Crippen MR) is 91.5 cm³/mol. The minimum atomic E-state index is -0.409. The summed E-state index contributed by atoms with van der Waals surface area (Å²) < 4.78 is 32.8. The fourth-order valence-corrected chi connectivity index (χ4v) is 2.69. The van der Waals surface area contributed by atoms with E-state index in [2.05, 4.69) is 26.1 Å². The van der Waals surface area contributed by atoms with Crippen molar-refractivity contribution in [1.82, 2.24) is 10.2 Å². The highest BCUT2D eigenvalue weighted by Gasteiger charge is 2.11. The lowest BCUT2D eigenvalue weighted by molar-refractivity contribution is 0.491. The molecule has 7 heteroatoms. The van der Waals surface area contributed by atoms with Crippen molar-refractivity contribution in [3.8, 4) is 0 Å². The molecule has 0 atom stereocenters. The maximum absolute atomic E-state index is 13.9. The van der Waals surface area contributed by atoms with Crippen LogP contribution in [0.4, 0.5) is 8.78 Å². The normalized spacial score (nSPS) is 11.3. The van der Waals surface area contributed by atoms with Gasteiger partial charge in [-0.3, -0.25) is 0 Å². The third kappa shape index (κ3) is 3.88. The molecule has 0 N–H and O–H groups in total. The topological polar surface area (TPSA) is 38.9 Å². The molecule has 0 aliphatic rings. The molecule has 0 saturated carbocycles. The van der Waals surface area contributed by atoms with E-state index in [1.165, 1.54) is 12.1 Å². The molecule has 0 fully saturated rings. The SMILES string of the molecule is Fc1ccc(/C=C/c2nnc(Cc3cccc(Br)c3F)o2)c(Cl)c1. The second-order valence-corrected chi connectivity index (χ2v) is 6.18. The monoisotopic (exact) mass is 410 g/mol. The molecule has 3 aromatic rings. The van der Waals surface area contributed by atoms with Gasteiger partial charge in [-0.05, 0) is 51.3 Å². The number of halogens is 4. The van der Waals surface area contributed by atoms with Crippen LogP contribution in [0.5, 0.6) is 0 Å². The van der Waals surface area contributed by atoms with Gasteiger partial charge in [-0.1, -0.05) is 29.8 Å². The average molecular weight is 412 g/mol. The first-order chi connectivity index (χ1) is 11.5. The molecule has 1 aromatic heterocycles. The van der Waals surface area contributed by atoms with Crippen LogP contribution in [-0.2, 0) is 6.42 Å². The minimum absolute atomic E-state index is 0.184. The number of aromatic nitrogens is 2. The number of benzene rings is 2. The Hall–Kier alpha value is -2.05. The first-order valence-electron chi connectivity index (χ1n) is 6.91. The molecule has 0 spiro atoms. The summed E-state index contributed by atoms with van der Waals surface area (Å²) in [6, 6.07) is 9.07. The molecule has 0 saturated heterocycles. The zero-order valence-electron chi connectivity index (χ0n) is 12.1. The molecule has 0 unspecified atom stereocenters. The lowest BCUT2D eigenvalue weighted by Gasteiger charge is -2.00. The third-order valence-electron chi connectivity index (χ3n) is 3.22. The Labute approximate surface area is 150 Å². The Morgan fingerprint density at radius 1 is 1.12 bits per heavy atom. The molecule has 2 aromatic carbocycles. The van der Waals surface area contributed by atoms with E-state index >= 15 is 0 Å². The Kier molecular flexibility index (Phi) is 5.06. The fourth-order valence-electron chi connectivity index (χ4n) is 2.05. The molecule has 1 heterocycles. The van der Waals surface area contributed by atoms with Gasteiger partial charge in [0.15, 0.2) is 0 Å². The lowest BCUT2D eigenvalue weighted by atomic mass is 10.1. The molecule has 0 amide bonds. The van der Waals surface area contributed by atoms with Crippen molar-refractivity contribution in [3.63, 3.8) is 0 Å². The minimum Gasteiger partial charge on any atom is -0.421 e. The highest BCUT2D eigenvalue weighted by Crippen LogP contribution is 2.22. The van der Waals surface area contributed by atoms with E-state index in [1.807, 2.05) is 0 Å². The molecular weight excluding hydrogens is 402 g/mol. The largest absolute Gasteiger partial charge is 0.421 e. The highest BCUT2D eigenvalue weighted by molar-refractivity contribution is 9.10. The Morgan fingerprint density at radius 3 is 2.75 bits per heavy atom. The molecule has 0 radical (unpaired) electrons. The van der Waals surface area contributed by atoms with Crippen molar-refractivity contribution in [2.24, 2.45) is 0 Å². The molecule has 3 nitrogen and oxygen atoms in total. The van der Waals surface area contributed by atoms with Crippen LogP contribution in [0.25, 0.3) is 12.2 Å². The lowest BCUT2D eigenvalue weighted by Crippen LogP contribution is -1.93. The van der Waals surface area contributed by atoms with Gasteiger partial charge in [-0.25, -0.2) is 8.78 Å². The molecule has 0 aliphatic heterocycles. The van der Waals surface area contributed by atoms with Crippen LogP contribution in [-0.4, -0.2) is 10.2 Å². The first-order valence-corrected chi connectivity index (χ1v) is 8.08. The van der Waals surface area contributed by atoms with Gasteiger partial charge >= 0.3 is 0 Å². The number of rotatable bonds is 4. The van der Waals surface area contributed by atoms with Crippen LogP contribution in [0.1, 0.15) is 22.9 Å². The van der Waals surface area contributed by atoms with Crippen molar-refractivity contribution < 1.29 is 13.2 Å². The van der Waals surface area contributed by atoms with E-state index in [1.54, 1.807) is 36.4 Å². The van der Waals surface area contributed by atoms with Crippen LogP contribution < -0.4 is 0 Å². The second-order valence-electron chi connectivity index (χ2n) is 4.92. The van der Waals surface area contributed by atoms with Crippen molar-refractivity contribution >= 4 is 39.7 Å². The van der Waals surface area contributed by atoms with E-state index in [9.17, 15) is 8.78 Å². The van der Waals surface area contributed by atoms with Crippen LogP contribution in [0, 0.1) is 11.6 Å². The van der Waals surface area contributed by atoms with Crippen LogP contribution in [0.15, 0.2) is 45.3 Å². The summed E-state index contributed by atoms with van der Waals surface area (Å²) in [5.74, 6) is -0.225. The van der Waals surface area contributed by atoms with Crippen molar-refractivity contribution in [2.45, 2.75) is 6.42 Å². The Morgan fingerprint density at radius 2 is 1.96 bits per heavy atom. The van der Waals surface area contributed by atoms with Crippen molar-refractivity contribution in [2.75, 3.05) is 0 Å². The van der Waals surface area contributed by atoms with E-state index in [-0.39, 0.29) is 29.0 Å². The summed E-state index contributed by atoms with van der Waals surface area (Å²) in [5.41, 5.74) is 1.07. The molecular formula is C17H10BrClF2N2O.